The van der Waals surface area contributed by atoms with Gasteiger partial charge in [0.1, 0.15) is 5.75 Å². The molecule has 160 valence electrons. The van der Waals surface area contributed by atoms with E-state index in [-0.39, 0.29) is 12.4 Å². The molecule has 0 aliphatic rings. The van der Waals surface area contributed by atoms with Crippen LogP contribution in [0.1, 0.15) is 20.7 Å². The topological polar surface area (TPSA) is 65.5 Å². The lowest BCUT2D eigenvalue weighted by Crippen LogP contribution is -2.15. The Bertz CT molecular complexity index is 1300. The molecule has 7 heteroatoms. The van der Waals surface area contributed by atoms with Gasteiger partial charge in [0.05, 0.1) is 23.9 Å². The van der Waals surface area contributed by atoms with Gasteiger partial charge in [0, 0.05) is 25.5 Å². The summed E-state index contributed by atoms with van der Waals surface area (Å²) in [7, 11) is 1.55. The second-order valence-corrected chi connectivity index (χ2v) is 8.78. The number of carbonyl (C=O) groups is 2. The summed E-state index contributed by atoms with van der Waals surface area (Å²) < 4.78 is 12.2. The lowest BCUT2D eigenvalue weighted by molar-refractivity contribution is 0.0476. The first-order valence-corrected chi connectivity index (χ1v) is 11.2. The average molecular weight is 555 g/mol. The van der Waals surface area contributed by atoms with Gasteiger partial charge in [0.25, 0.3) is 0 Å². The molecule has 1 heterocycles. The Morgan fingerprint density at radius 2 is 1.56 bits per heavy atom. The zero-order valence-electron chi connectivity index (χ0n) is 17.0. The van der Waals surface area contributed by atoms with Crippen LogP contribution in [-0.2, 0) is 4.74 Å². The lowest BCUT2D eigenvalue weighted by atomic mass is 10.0. The fourth-order valence-corrected chi connectivity index (χ4v) is 3.83. The van der Waals surface area contributed by atoms with Gasteiger partial charge < -0.3 is 9.47 Å². The smallest absolute Gasteiger partial charge is 0.339 e. The van der Waals surface area contributed by atoms with Gasteiger partial charge in [0.15, 0.2) is 12.4 Å². The molecule has 0 saturated carbocycles. The number of Topliss-reactive ketones (excluding diaryl/α,β-unsaturated/α-hetero) is 1. The number of ether oxygens (including phenoxy) is 2. The van der Waals surface area contributed by atoms with Crippen LogP contribution in [0.5, 0.6) is 5.75 Å². The second-order valence-electron chi connectivity index (χ2n) is 6.95. The van der Waals surface area contributed by atoms with Gasteiger partial charge in [-0.15, -0.1) is 0 Å². The molecular weight excluding hydrogens is 538 g/mol. The van der Waals surface area contributed by atoms with E-state index in [1.807, 2.05) is 42.5 Å². The van der Waals surface area contributed by atoms with Crippen LogP contribution in [0.15, 0.2) is 81.7 Å². The van der Waals surface area contributed by atoms with Gasteiger partial charge in [-0.3, -0.25) is 4.79 Å². The van der Waals surface area contributed by atoms with Gasteiger partial charge in [-0.05, 0) is 60.7 Å². The zero-order chi connectivity index (χ0) is 22.7. The summed E-state index contributed by atoms with van der Waals surface area (Å²) >= 11 is 6.87. The molecule has 32 heavy (non-hydrogen) atoms. The quantitative estimate of drug-likeness (QED) is 0.202. The summed E-state index contributed by atoms with van der Waals surface area (Å²) in [6.07, 6.45) is 0. The van der Waals surface area contributed by atoms with E-state index >= 15 is 0 Å². The molecule has 0 N–H and O–H groups in total. The van der Waals surface area contributed by atoms with Crippen molar-refractivity contribution in [1.82, 2.24) is 4.98 Å². The largest absolute Gasteiger partial charge is 0.497 e. The molecule has 4 aromatic rings. The van der Waals surface area contributed by atoms with E-state index < -0.39 is 5.97 Å². The van der Waals surface area contributed by atoms with E-state index in [1.54, 1.807) is 37.4 Å². The molecule has 0 atom stereocenters. The molecule has 3 aromatic carbocycles. The molecule has 0 amide bonds. The second kappa shape index (κ2) is 9.63. The number of carbonyl (C=O) groups excluding carboxylic acids is 2. The number of pyridine rings is 1. The predicted octanol–water partition coefficient (Wildman–Crippen LogP) is 6.48. The summed E-state index contributed by atoms with van der Waals surface area (Å²) in [5.41, 5.74) is 2.94. The zero-order valence-corrected chi connectivity index (χ0v) is 20.1. The van der Waals surface area contributed by atoms with Crippen molar-refractivity contribution in [2.24, 2.45) is 0 Å². The van der Waals surface area contributed by atoms with Gasteiger partial charge >= 0.3 is 5.97 Å². The van der Waals surface area contributed by atoms with E-state index in [4.69, 9.17) is 14.5 Å². The summed E-state index contributed by atoms with van der Waals surface area (Å²) in [5, 5.41) is 0.641. The highest BCUT2D eigenvalue weighted by Crippen LogP contribution is 2.28. The Hall–Kier alpha value is -3.03. The Labute approximate surface area is 201 Å². The highest BCUT2D eigenvalue weighted by molar-refractivity contribution is 9.10. The van der Waals surface area contributed by atoms with E-state index in [2.05, 4.69) is 31.9 Å². The lowest BCUT2D eigenvalue weighted by Gasteiger charge is -2.11. The maximum atomic E-state index is 13.0. The third-order valence-electron chi connectivity index (χ3n) is 4.88. The van der Waals surface area contributed by atoms with E-state index in [9.17, 15) is 9.59 Å². The van der Waals surface area contributed by atoms with E-state index in [0.717, 1.165) is 14.5 Å². The number of methoxy groups -OCH3 is 1. The fourth-order valence-electron chi connectivity index (χ4n) is 3.20. The normalized spacial score (nSPS) is 10.7. The molecule has 0 aliphatic carbocycles. The third-order valence-corrected chi connectivity index (χ3v) is 5.90. The van der Waals surface area contributed by atoms with Crippen LogP contribution in [-0.4, -0.2) is 30.5 Å². The van der Waals surface area contributed by atoms with Crippen molar-refractivity contribution < 1.29 is 19.1 Å². The number of aromatic nitrogens is 1. The monoisotopic (exact) mass is 553 g/mol. The highest BCUT2D eigenvalue weighted by atomic mass is 79.9. The minimum atomic E-state index is -0.587. The van der Waals surface area contributed by atoms with Crippen molar-refractivity contribution >= 4 is 54.5 Å². The van der Waals surface area contributed by atoms with E-state index in [1.165, 1.54) is 0 Å². The SMILES string of the molecule is COc1ccc(C(=O)COC(=O)c2cc(-c3ccc(Br)cc3)nc3ccc(Br)cc23)cc1. The van der Waals surface area contributed by atoms with E-state index in [0.29, 0.717) is 33.5 Å². The number of hydrogen-bond donors (Lipinski definition) is 0. The van der Waals surface area contributed by atoms with Crippen LogP contribution in [0.2, 0.25) is 0 Å². The number of esters is 1. The molecule has 5 nitrogen and oxygen atoms in total. The molecule has 0 aliphatic heterocycles. The Kier molecular flexibility index (Phi) is 6.67. The first kappa shape index (κ1) is 22.2. The van der Waals surface area contributed by atoms with Crippen LogP contribution in [0.25, 0.3) is 22.2 Å². The number of benzene rings is 3. The fraction of sp³-hybridized carbons (Fsp3) is 0.0800. The molecule has 1 aromatic heterocycles. The van der Waals surface area contributed by atoms with Crippen LogP contribution in [0.3, 0.4) is 0 Å². The number of halogens is 2. The molecule has 0 bridgehead atoms. The van der Waals surface area contributed by atoms with Gasteiger partial charge in [-0.25, -0.2) is 9.78 Å². The van der Waals surface area contributed by atoms with Crippen molar-refractivity contribution in [3.8, 4) is 17.0 Å². The van der Waals surface area contributed by atoms with Gasteiger partial charge in [-0.1, -0.05) is 44.0 Å². The molecule has 0 radical (unpaired) electrons. The molecule has 0 fully saturated rings. The van der Waals surface area contributed by atoms with Crippen molar-refractivity contribution in [3.63, 3.8) is 0 Å². The van der Waals surface area contributed by atoms with Crippen molar-refractivity contribution in [2.45, 2.75) is 0 Å². The summed E-state index contributed by atoms with van der Waals surface area (Å²) in [6.45, 7) is -0.364. The van der Waals surface area contributed by atoms with Crippen molar-refractivity contribution in [1.29, 1.82) is 0 Å². The van der Waals surface area contributed by atoms with Crippen molar-refractivity contribution in [2.75, 3.05) is 13.7 Å². The highest BCUT2D eigenvalue weighted by Gasteiger charge is 2.18. The first-order valence-electron chi connectivity index (χ1n) is 9.65. The molecular formula is C25H17Br2NO4. The average Bonchev–Trinajstić information content (AvgIpc) is 2.82. The minimum absolute atomic E-state index is 0.298. The summed E-state index contributed by atoms with van der Waals surface area (Å²) in [5.74, 6) is -0.239. The Morgan fingerprint density at radius 3 is 2.25 bits per heavy atom. The van der Waals surface area contributed by atoms with Crippen LogP contribution in [0.4, 0.5) is 0 Å². The van der Waals surface area contributed by atoms with Crippen molar-refractivity contribution in [3.05, 3.63) is 92.9 Å². The minimum Gasteiger partial charge on any atom is -0.497 e. The number of rotatable bonds is 6. The molecule has 4 rings (SSSR count). The number of ketones is 1. The number of fused-ring (bicyclic) bond motifs is 1. The molecule has 0 saturated heterocycles. The first-order chi connectivity index (χ1) is 15.4. The summed E-state index contributed by atoms with van der Waals surface area (Å²) in [4.78, 5) is 30.2. The molecule has 0 spiro atoms. The molecule has 0 unspecified atom stereocenters. The third kappa shape index (κ3) is 4.89. The predicted molar refractivity (Wildman–Crippen MR) is 130 cm³/mol. The summed E-state index contributed by atoms with van der Waals surface area (Å²) in [6, 6.07) is 21.5. The maximum absolute atomic E-state index is 13.0. The Morgan fingerprint density at radius 1 is 0.875 bits per heavy atom. The van der Waals surface area contributed by atoms with Crippen LogP contribution >= 0.6 is 31.9 Å². The van der Waals surface area contributed by atoms with Gasteiger partial charge in [-0.2, -0.15) is 0 Å². The standard InChI is InChI=1S/C25H17Br2NO4/c1-31-19-9-4-16(5-10-19)24(29)14-32-25(30)21-13-23(15-2-6-17(26)7-3-15)28-22-11-8-18(27)12-20(21)22/h2-13H,14H2,1H3. The number of hydrogen-bond acceptors (Lipinski definition) is 5. The van der Waals surface area contributed by atoms with Crippen LogP contribution in [0, 0.1) is 0 Å². The number of nitrogens with zero attached hydrogens (tertiary/aromatic N) is 1. The van der Waals surface area contributed by atoms with Gasteiger partial charge in [0.2, 0.25) is 0 Å². The Balaban J connectivity index is 1.63. The van der Waals surface area contributed by atoms with Crippen LogP contribution < -0.4 is 4.74 Å². The maximum Gasteiger partial charge on any atom is 0.339 e.